The fourth-order valence-electron chi connectivity index (χ4n) is 2.25. The maximum atomic E-state index is 12.0. The van der Waals surface area contributed by atoms with E-state index < -0.39 is 4.92 Å². The number of carbonyl (C=O) groups is 1. The fraction of sp³-hybridized carbons (Fsp3) is 0.278. The van der Waals surface area contributed by atoms with Crippen LogP contribution in [0.2, 0.25) is 0 Å². The molecule has 0 saturated heterocycles. The minimum absolute atomic E-state index is 0.0415. The summed E-state index contributed by atoms with van der Waals surface area (Å²) >= 11 is 0. The number of non-ortho nitro benzene ring substituents is 1. The number of rotatable bonds is 7. The van der Waals surface area contributed by atoms with Crippen LogP contribution in [-0.4, -0.2) is 24.0 Å². The molecule has 6 heteroatoms. The van der Waals surface area contributed by atoms with Crippen molar-refractivity contribution in [1.82, 2.24) is 5.32 Å². The Morgan fingerprint density at radius 2 is 1.83 bits per heavy atom. The average molecular weight is 328 g/mol. The van der Waals surface area contributed by atoms with Crippen molar-refractivity contribution in [1.29, 1.82) is 0 Å². The number of ether oxygens (including phenoxy) is 1. The zero-order valence-corrected chi connectivity index (χ0v) is 13.7. The SMILES string of the molecule is CC(C)c1ccccc1OCCNC(=O)c1ccc([N+](=O)[O-])cc1. The number of para-hydroxylation sites is 1. The summed E-state index contributed by atoms with van der Waals surface area (Å²) in [5.74, 6) is 0.888. The number of nitro groups is 1. The molecule has 0 aromatic heterocycles. The summed E-state index contributed by atoms with van der Waals surface area (Å²) in [6, 6.07) is 13.3. The number of nitrogens with zero attached hydrogens (tertiary/aromatic N) is 1. The summed E-state index contributed by atoms with van der Waals surface area (Å²) < 4.78 is 5.73. The maximum absolute atomic E-state index is 12.0. The molecule has 2 aromatic carbocycles. The molecule has 24 heavy (non-hydrogen) atoms. The second-order valence-corrected chi connectivity index (χ2v) is 5.60. The first-order valence-corrected chi connectivity index (χ1v) is 7.73. The molecule has 0 aliphatic heterocycles. The lowest BCUT2D eigenvalue weighted by Crippen LogP contribution is -2.28. The Morgan fingerprint density at radius 3 is 2.46 bits per heavy atom. The molecule has 0 fully saturated rings. The first-order chi connectivity index (χ1) is 11.5. The molecule has 0 heterocycles. The number of nitrogens with one attached hydrogen (secondary N) is 1. The molecule has 2 aromatic rings. The van der Waals surface area contributed by atoms with E-state index in [-0.39, 0.29) is 11.6 Å². The molecule has 0 aliphatic rings. The predicted octanol–water partition coefficient (Wildman–Crippen LogP) is 3.53. The number of hydrogen-bond donors (Lipinski definition) is 1. The lowest BCUT2D eigenvalue weighted by Gasteiger charge is -2.14. The molecule has 0 spiro atoms. The summed E-state index contributed by atoms with van der Waals surface area (Å²) in [6.45, 7) is 4.89. The van der Waals surface area contributed by atoms with Gasteiger partial charge in [0, 0.05) is 17.7 Å². The highest BCUT2D eigenvalue weighted by Crippen LogP contribution is 2.25. The number of nitro benzene ring substituents is 1. The number of carbonyl (C=O) groups excluding carboxylic acids is 1. The van der Waals surface area contributed by atoms with Crippen LogP contribution in [0, 0.1) is 10.1 Å². The van der Waals surface area contributed by atoms with Gasteiger partial charge in [-0.1, -0.05) is 32.0 Å². The highest BCUT2D eigenvalue weighted by molar-refractivity contribution is 5.94. The van der Waals surface area contributed by atoms with Crippen molar-refractivity contribution >= 4 is 11.6 Å². The second-order valence-electron chi connectivity index (χ2n) is 5.60. The third kappa shape index (κ3) is 4.55. The van der Waals surface area contributed by atoms with Gasteiger partial charge in [0.1, 0.15) is 12.4 Å². The van der Waals surface area contributed by atoms with Gasteiger partial charge in [-0.3, -0.25) is 14.9 Å². The summed E-state index contributed by atoms with van der Waals surface area (Å²) in [4.78, 5) is 22.1. The first kappa shape index (κ1) is 17.5. The van der Waals surface area contributed by atoms with Gasteiger partial charge in [0.25, 0.3) is 11.6 Å². The van der Waals surface area contributed by atoms with E-state index in [4.69, 9.17) is 4.74 Å². The van der Waals surface area contributed by atoms with Gasteiger partial charge in [0.2, 0.25) is 0 Å². The molecule has 0 aliphatic carbocycles. The van der Waals surface area contributed by atoms with Gasteiger partial charge in [0.15, 0.2) is 0 Å². The van der Waals surface area contributed by atoms with Crippen LogP contribution in [0.4, 0.5) is 5.69 Å². The van der Waals surface area contributed by atoms with Crippen LogP contribution >= 0.6 is 0 Å². The fourth-order valence-corrected chi connectivity index (χ4v) is 2.25. The van der Waals surface area contributed by atoms with Crippen LogP contribution in [0.5, 0.6) is 5.75 Å². The van der Waals surface area contributed by atoms with Gasteiger partial charge in [0.05, 0.1) is 11.5 Å². The van der Waals surface area contributed by atoms with E-state index in [0.29, 0.717) is 24.6 Å². The average Bonchev–Trinajstić information content (AvgIpc) is 2.58. The largest absolute Gasteiger partial charge is 0.491 e. The Bertz CT molecular complexity index is 711. The van der Waals surface area contributed by atoms with Crippen molar-refractivity contribution < 1.29 is 14.5 Å². The van der Waals surface area contributed by atoms with E-state index in [9.17, 15) is 14.9 Å². The van der Waals surface area contributed by atoms with Gasteiger partial charge in [-0.15, -0.1) is 0 Å². The van der Waals surface area contributed by atoms with Crippen LogP contribution in [0.1, 0.15) is 35.7 Å². The lowest BCUT2D eigenvalue weighted by molar-refractivity contribution is -0.384. The summed E-state index contributed by atoms with van der Waals surface area (Å²) in [5.41, 5.74) is 1.46. The van der Waals surface area contributed by atoms with Crippen molar-refractivity contribution in [2.24, 2.45) is 0 Å². The molecular formula is C18H20N2O4. The molecule has 1 N–H and O–H groups in total. The Kier molecular flexibility index (Phi) is 5.89. The Labute approximate surface area is 140 Å². The highest BCUT2D eigenvalue weighted by Gasteiger charge is 2.10. The molecular weight excluding hydrogens is 308 g/mol. The van der Waals surface area contributed by atoms with Gasteiger partial charge >= 0.3 is 0 Å². The Hall–Kier alpha value is -2.89. The van der Waals surface area contributed by atoms with Crippen molar-refractivity contribution in [2.45, 2.75) is 19.8 Å². The number of benzene rings is 2. The quantitative estimate of drug-likeness (QED) is 0.479. The molecule has 0 saturated carbocycles. The van der Waals surface area contributed by atoms with Crippen LogP contribution in [-0.2, 0) is 0 Å². The standard InChI is InChI=1S/C18H20N2O4/c1-13(2)16-5-3-4-6-17(16)24-12-11-19-18(21)14-7-9-15(10-8-14)20(22)23/h3-10,13H,11-12H2,1-2H3,(H,19,21). The van der Waals surface area contributed by atoms with E-state index in [0.717, 1.165) is 11.3 Å². The summed E-state index contributed by atoms with van der Waals surface area (Å²) in [6.07, 6.45) is 0. The molecule has 0 atom stereocenters. The predicted molar refractivity (Wildman–Crippen MR) is 91.5 cm³/mol. The van der Waals surface area contributed by atoms with E-state index in [1.807, 2.05) is 24.3 Å². The van der Waals surface area contributed by atoms with Crippen molar-refractivity contribution in [3.8, 4) is 5.75 Å². The second kappa shape index (κ2) is 8.10. The van der Waals surface area contributed by atoms with Gasteiger partial charge in [-0.2, -0.15) is 0 Å². The zero-order chi connectivity index (χ0) is 17.5. The van der Waals surface area contributed by atoms with Crippen LogP contribution in [0.25, 0.3) is 0 Å². The zero-order valence-electron chi connectivity index (χ0n) is 13.7. The normalized spacial score (nSPS) is 10.5. The van der Waals surface area contributed by atoms with Gasteiger partial charge in [-0.25, -0.2) is 0 Å². The van der Waals surface area contributed by atoms with E-state index in [1.54, 1.807) is 0 Å². The van der Waals surface area contributed by atoms with E-state index in [2.05, 4.69) is 19.2 Å². The summed E-state index contributed by atoms with van der Waals surface area (Å²) in [7, 11) is 0. The molecule has 0 unspecified atom stereocenters. The Balaban J connectivity index is 1.84. The molecule has 126 valence electrons. The minimum Gasteiger partial charge on any atom is -0.491 e. The molecule has 0 radical (unpaired) electrons. The minimum atomic E-state index is -0.498. The van der Waals surface area contributed by atoms with Gasteiger partial charge < -0.3 is 10.1 Å². The van der Waals surface area contributed by atoms with E-state index >= 15 is 0 Å². The smallest absolute Gasteiger partial charge is 0.269 e. The van der Waals surface area contributed by atoms with E-state index in [1.165, 1.54) is 24.3 Å². The van der Waals surface area contributed by atoms with Crippen LogP contribution in [0.15, 0.2) is 48.5 Å². The molecule has 2 rings (SSSR count). The number of hydrogen-bond acceptors (Lipinski definition) is 4. The topological polar surface area (TPSA) is 81.5 Å². The molecule has 1 amide bonds. The first-order valence-electron chi connectivity index (χ1n) is 7.73. The monoisotopic (exact) mass is 328 g/mol. The van der Waals surface area contributed by atoms with Crippen LogP contribution in [0.3, 0.4) is 0 Å². The Morgan fingerprint density at radius 1 is 1.17 bits per heavy atom. The third-order valence-corrected chi connectivity index (χ3v) is 3.53. The highest BCUT2D eigenvalue weighted by atomic mass is 16.6. The van der Waals surface area contributed by atoms with Crippen molar-refractivity contribution in [3.05, 3.63) is 69.8 Å². The van der Waals surface area contributed by atoms with Crippen LogP contribution < -0.4 is 10.1 Å². The number of amides is 1. The van der Waals surface area contributed by atoms with Crippen molar-refractivity contribution in [3.63, 3.8) is 0 Å². The maximum Gasteiger partial charge on any atom is 0.269 e. The third-order valence-electron chi connectivity index (χ3n) is 3.53. The summed E-state index contributed by atoms with van der Waals surface area (Å²) in [5, 5.41) is 13.3. The van der Waals surface area contributed by atoms with Crippen molar-refractivity contribution in [2.75, 3.05) is 13.2 Å². The lowest BCUT2D eigenvalue weighted by atomic mass is 10.0. The van der Waals surface area contributed by atoms with Gasteiger partial charge in [-0.05, 0) is 29.7 Å². The molecule has 6 nitrogen and oxygen atoms in total. The molecule has 0 bridgehead atoms.